The number of rotatable bonds is 1. The highest BCUT2D eigenvalue weighted by molar-refractivity contribution is 9.10. The SMILES string of the molecule is Cc1ccc(N2CCN(C)C2=O)cc1Br. The normalized spacial score (nSPS) is 16.3. The van der Waals surface area contributed by atoms with Gasteiger partial charge in [0.25, 0.3) is 0 Å². The van der Waals surface area contributed by atoms with Crippen LogP contribution in [0.1, 0.15) is 5.56 Å². The van der Waals surface area contributed by atoms with E-state index in [-0.39, 0.29) is 6.03 Å². The number of urea groups is 1. The minimum atomic E-state index is 0.0748. The Labute approximate surface area is 97.8 Å². The molecule has 1 aromatic carbocycles. The second-order valence-electron chi connectivity index (χ2n) is 3.79. The highest BCUT2D eigenvalue weighted by atomic mass is 79.9. The highest BCUT2D eigenvalue weighted by Gasteiger charge is 2.26. The lowest BCUT2D eigenvalue weighted by atomic mass is 10.2. The standard InChI is InChI=1S/C11H13BrN2O/c1-8-3-4-9(7-10(8)12)14-6-5-13(2)11(14)15/h3-4,7H,5-6H2,1-2H3. The molecule has 0 saturated carbocycles. The molecule has 0 radical (unpaired) electrons. The van der Waals surface area contributed by atoms with Gasteiger partial charge in [0.2, 0.25) is 0 Å². The molecule has 1 saturated heterocycles. The van der Waals surface area contributed by atoms with Gasteiger partial charge in [0.1, 0.15) is 0 Å². The number of hydrogen-bond donors (Lipinski definition) is 0. The van der Waals surface area contributed by atoms with Crippen LogP contribution in [0, 0.1) is 6.92 Å². The summed E-state index contributed by atoms with van der Waals surface area (Å²) >= 11 is 3.48. The fourth-order valence-corrected chi connectivity index (χ4v) is 2.00. The first-order valence-corrected chi connectivity index (χ1v) is 5.67. The molecule has 0 aliphatic carbocycles. The fraction of sp³-hybridized carbons (Fsp3) is 0.364. The molecule has 15 heavy (non-hydrogen) atoms. The first-order valence-electron chi connectivity index (χ1n) is 4.88. The van der Waals surface area contributed by atoms with Crippen LogP contribution >= 0.6 is 15.9 Å². The van der Waals surface area contributed by atoms with Crippen LogP contribution in [-0.2, 0) is 0 Å². The second kappa shape index (κ2) is 3.85. The van der Waals surface area contributed by atoms with Gasteiger partial charge in [-0.3, -0.25) is 4.90 Å². The predicted molar refractivity (Wildman–Crippen MR) is 64.3 cm³/mol. The topological polar surface area (TPSA) is 23.6 Å². The quantitative estimate of drug-likeness (QED) is 0.768. The number of carbonyl (C=O) groups is 1. The van der Waals surface area contributed by atoms with Crippen molar-refractivity contribution >= 4 is 27.6 Å². The van der Waals surface area contributed by atoms with Crippen molar-refractivity contribution in [3.05, 3.63) is 28.2 Å². The molecule has 1 aliphatic rings. The molecule has 80 valence electrons. The number of anilines is 1. The van der Waals surface area contributed by atoms with Gasteiger partial charge >= 0.3 is 6.03 Å². The van der Waals surface area contributed by atoms with Crippen LogP contribution in [0.3, 0.4) is 0 Å². The molecule has 0 aromatic heterocycles. The lowest BCUT2D eigenvalue weighted by Crippen LogP contribution is -2.29. The van der Waals surface area contributed by atoms with Crippen molar-refractivity contribution in [2.24, 2.45) is 0 Å². The average Bonchev–Trinajstić information content (AvgIpc) is 2.53. The summed E-state index contributed by atoms with van der Waals surface area (Å²) in [6, 6.07) is 6.07. The van der Waals surface area contributed by atoms with Crippen molar-refractivity contribution in [1.82, 2.24) is 4.90 Å². The predicted octanol–water partition coefficient (Wildman–Crippen LogP) is 2.63. The third-order valence-electron chi connectivity index (χ3n) is 2.68. The summed E-state index contributed by atoms with van der Waals surface area (Å²) in [5.41, 5.74) is 2.14. The maximum Gasteiger partial charge on any atom is 0.324 e. The van der Waals surface area contributed by atoms with Crippen LogP contribution in [0.2, 0.25) is 0 Å². The maximum atomic E-state index is 11.7. The zero-order chi connectivity index (χ0) is 11.0. The molecule has 0 unspecified atom stereocenters. The first-order chi connectivity index (χ1) is 7.09. The Morgan fingerprint density at radius 1 is 1.33 bits per heavy atom. The minimum absolute atomic E-state index is 0.0748. The van der Waals surface area contributed by atoms with Crippen LogP contribution < -0.4 is 4.90 Å². The molecule has 3 nitrogen and oxygen atoms in total. The molecule has 1 aliphatic heterocycles. The van der Waals surface area contributed by atoms with Crippen molar-refractivity contribution < 1.29 is 4.79 Å². The molecule has 0 atom stereocenters. The van der Waals surface area contributed by atoms with E-state index in [0.29, 0.717) is 0 Å². The van der Waals surface area contributed by atoms with Gasteiger partial charge in [-0.1, -0.05) is 22.0 Å². The molecular formula is C11H13BrN2O. The van der Waals surface area contributed by atoms with Gasteiger partial charge in [-0.25, -0.2) is 4.79 Å². The zero-order valence-electron chi connectivity index (χ0n) is 8.83. The number of amides is 2. The van der Waals surface area contributed by atoms with E-state index in [9.17, 15) is 4.79 Å². The Hall–Kier alpha value is -1.03. The molecule has 0 spiro atoms. The van der Waals surface area contributed by atoms with Crippen LogP contribution in [-0.4, -0.2) is 31.1 Å². The number of halogens is 1. The molecule has 0 bridgehead atoms. The minimum Gasteiger partial charge on any atom is -0.326 e. The summed E-state index contributed by atoms with van der Waals surface area (Å²) in [4.78, 5) is 15.3. The number of carbonyl (C=O) groups excluding carboxylic acids is 1. The number of benzene rings is 1. The summed E-state index contributed by atoms with van der Waals surface area (Å²) in [7, 11) is 1.82. The molecular weight excluding hydrogens is 256 g/mol. The van der Waals surface area contributed by atoms with Crippen LogP contribution in [0.5, 0.6) is 0 Å². The highest BCUT2D eigenvalue weighted by Crippen LogP contribution is 2.25. The van der Waals surface area contributed by atoms with Gasteiger partial charge in [0.05, 0.1) is 0 Å². The van der Waals surface area contributed by atoms with E-state index < -0.39 is 0 Å². The Morgan fingerprint density at radius 2 is 2.07 bits per heavy atom. The van der Waals surface area contributed by atoms with Crippen molar-refractivity contribution in [2.75, 3.05) is 25.0 Å². The summed E-state index contributed by atoms with van der Waals surface area (Å²) in [5, 5.41) is 0. The largest absolute Gasteiger partial charge is 0.326 e. The molecule has 1 fully saturated rings. The Morgan fingerprint density at radius 3 is 2.60 bits per heavy atom. The maximum absolute atomic E-state index is 11.7. The van der Waals surface area contributed by atoms with E-state index in [2.05, 4.69) is 15.9 Å². The van der Waals surface area contributed by atoms with Crippen molar-refractivity contribution in [1.29, 1.82) is 0 Å². The number of nitrogens with zero attached hydrogens (tertiary/aromatic N) is 2. The lowest BCUT2D eigenvalue weighted by molar-refractivity contribution is 0.229. The number of hydrogen-bond acceptors (Lipinski definition) is 1. The Balaban J connectivity index is 2.31. The van der Waals surface area contributed by atoms with Crippen LogP contribution in [0.4, 0.5) is 10.5 Å². The average molecular weight is 269 g/mol. The molecule has 1 aromatic rings. The molecule has 4 heteroatoms. The molecule has 1 heterocycles. The molecule has 0 N–H and O–H groups in total. The van der Waals surface area contributed by atoms with E-state index in [0.717, 1.165) is 23.2 Å². The number of likely N-dealkylation sites (N-methyl/N-ethyl adjacent to an activating group) is 1. The Bertz CT molecular complexity index is 406. The van der Waals surface area contributed by atoms with Gasteiger partial charge in [-0.05, 0) is 24.6 Å². The third kappa shape index (κ3) is 1.86. The van der Waals surface area contributed by atoms with E-state index in [1.165, 1.54) is 5.56 Å². The summed E-state index contributed by atoms with van der Waals surface area (Å²) in [6.07, 6.45) is 0. The van der Waals surface area contributed by atoms with E-state index >= 15 is 0 Å². The summed E-state index contributed by atoms with van der Waals surface area (Å²) < 4.78 is 1.04. The van der Waals surface area contributed by atoms with Gasteiger partial charge in [-0.2, -0.15) is 0 Å². The number of aryl methyl sites for hydroxylation is 1. The first kappa shape index (κ1) is 10.5. The monoisotopic (exact) mass is 268 g/mol. The lowest BCUT2D eigenvalue weighted by Gasteiger charge is -2.16. The smallest absolute Gasteiger partial charge is 0.324 e. The van der Waals surface area contributed by atoms with Crippen molar-refractivity contribution in [3.63, 3.8) is 0 Å². The third-order valence-corrected chi connectivity index (χ3v) is 3.54. The van der Waals surface area contributed by atoms with Gasteiger partial charge in [-0.15, -0.1) is 0 Å². The fourth-order valence-electron chi connectivity index (χ4n) is 1.64. The zero-order valence-corrected chi connectivity index (χ0v) is 10.4. The second-order valence-corrected chi connectivity index (χ2v) is 4.64. The van der Waals surface area contributed by atoms with Crippen molar-refractivity contribution in [2.45, 2.75) is 6.92 Å². The van der Waals surface area contributed by atoms with Crippen LogP contribution in [0.15, 0.2) is 22.7 Å². The van der Waals surface area contributed by atoms with Crippen LogP contribution in [0.25, 0.3) is 0 Å². The van der Waals surface area contributed by atoms with E-state index in [1.807, 2.05) is 32.2 Å². The van der Waals surface area contributed by atoms with Gasteiger partial charge in [0, 0.05) is 30.3 Å². The van der Waals surface area contributed by atoms with E-state index in [1.54, 1.807) is 9.80 Å². The van der Waals surface area contributed by atoms with Crippen molar-refractivity contribution in [3.8, 4) is 0 Å². The van der Waals surface area contributed by atoms with Gasteiger partial charge in [0.15, 0.2) is 0 Å². The Kier molecular flexibility index (Phi) is 2.69. The van der Waals surface area contributed by atoms with Gasteiger partial charge < -0.3 is 4.90 Å². The summed E-state index contributed by atoms with van der Waals surface area (Å²) in [6.45, 7) is 3.60. The molecule has 2 rings (SSSR count). The summed E-state index contributed by atoms with van der Waals surface area (Å²) in [5.74, 6) is 0. The van der Waals surface area contributed by atoms with E-state index in [4.69, 9.17) is 0 Å². The molecule has 2 amide bonds.